The molecule has 1 aromatic carbocycles. The molecule has 1 aliphatic rings. The van der Waals surface area contributed by atoms with E-state index >= 15 is 0 Å². The van der Waals surface area contributed by atoms with Crippen molar-refractivity contribution in [1.82, 2.24) is 14.7 Å². The van der Waals surface area contributed by atoms with Crippen LogP contribution in [0.2, 0.25) is 0 Å². The van der Waals surface area contributed by atoms with Crippen LogP contribution in [0, 0.1) is 25.2 Å². The van der Waals surface area contributed by atoms with Crippen molar-refractivity contribution in [1.29, 1.82) is 5.26 Å². The Morgan fingerprint density at radius 3 is 2.62 bits per heavy atom. The molecule has 3 rings (SSSR count). The van der Waals surface area contributed by atoms with Crippen molar-refractivity contribution in [2.24, 2.45) is 0 Å². The molecule has 1 atom stereocenters. The van der Waals surface area contributed by atoms with Gasteiger partial charge in [-0.05, 0) is 51.6 Å². The number of rotatable bonds is 6. The molecule has 0 aliphatic carbocycles. The number of nitrogens with one attached hydrogen (secondary N) is 1. The van der Waals surface area contributed by atoms with Crippen LogP contribution in [0.5, 0.6) is 0 Å². The van der Waals surface area contributed by atoms with Crippen LogP contribution in [0.25, 0.3) is 0 Å². The van der Waals surface area contributed by atoms with E-state index in [-0.39, 0.29) is 30.0 Å². The number of nitriles is 1. The fraction of sp³-hybridized carbons (Fsp3) is 0.450. The lowest BCUT2D eigenvalue weighted by atomic mass is 10.1. The van der Waals surface area contributed by atoms with Gasteiger partial charge >= 0.3 is 0 Å². The van der Waals surface area contributed by atoms with Gasteiger partial charge in [0.05, 0.1) is 41.4 Å². The molecule has 29 heavy (non-hydrogen) atoms. The summed E-state index contributed by atoms with van der Waals surface area (Å²) >= 11 is 0. The number of anilines is 1. The third-order valence-electron chi connectivity index (χ3n) is 5.17. The van der Waals surface area contributed by atoms with Crippen LogP contribution in [0.4, 0.5) is 5.69 Å². The third kappa shape index (κ3) is 5.02. The van der Waals surface area contributed by atoms with E-state index in [9.17, 15) is 13.2 Å². The van der Waals surface area contributed by atoms with E-state index in [1.54, 1.807) is 24.3 Å². The second-order valence-electron chi connectivity index (χ2n) is 7.56. The summed E-state index contributed by atoms with van der Waals surface area (Å²) in [5.74, 6) is 0.194. The minimum Gasteiger partial charge on any atom is -0.325 e. The lowest BCUT2D eigenvalue weighted by molar-refractivity contribution is -0.117. The first-order valence-electron chi connectivity index (χ1n) is 9.42. The number of aryl methyl sites for hydroxylation is 1. The van der Waals surface area contributed by atoms with Crippen molar-refractivity contribution in [2.45, 2.75) is 32.9 Å². The average molecular weight is 416 g/mol. The molecular weight excluding hydrogens is 390 g/mol. The number of amides is 1. The molecule has 0 spiro atoms. The summed E-state index contributed by atoms with van der Waals surface area (Å²) < 4.78 is 25.4. The molecule has 0 radical (unpaired) electrons. The largest absolute Gasteiger partial charge is 0.325 e. The lowest BCUT2D eigenvalue weighted by Crippen LogP contribution is -2.30. The van der Waals surface area contributed by atoms with Crippen molar-refractivity contribution >= 4 is 21.4 Å². The maximum Gasteiger partial charge on any atom is 0.238 e. The molecule has 1 aromatic heterocycles. The predicted octanol–water partition coefficient (Wildman–Crippen LogP) is 1.80. The SMILES string of the molecule is Cc1nn([C@@H]2CCS(=O)(=O)C2)c(C)c1CN(C)CC(=O)Nc1ccc(C#N)cc1. The van der Waals surface area contributed by atoms with E-state index in [1.807, 2.05) is 36.5 Å². The number of sulfone groups is 1. The summed E-state index contributed by atoms with van der Waals surface area (Å²) in [6.07, 6.45) is 0.590. The predicted molar refractivity (Wildman–Crippen MR) is 110 cm³/mol. The number of carbonyl (C=O) groups is 1. The van der Waals surface area contributed by atoms with Gasteiger partial charge in [0, 0.05) is 23.5 Å². The minimum absolute atomic E-state index is 0.113. The van der Waals surface area contributed by atoms with Gasteiger partial charge in [0.15, 0.2) is 9.84 Å². The second kappa shape index (κ2) is 8.35. The Morgan fingerprint density at radius 2 is 2.03 bits per heavy atom. The number of benzene rings is 1. The standard InChI is InChI=1S/C20H25N5O3S/c1-14-19(15(2)25(23-14)18-8-9-29(27,28)13-18)11-24(3)12-20(26)22-17-6-4-16(10-21)5-7-17/h4-7,18H,8-9,11-13H2,1-3H3,(H,22,26)/t18-/m1/s1. The summed E-state index contributed by atoms with van der Waals surface area (Å²) in [7, 11) is -1.12. The normalized spacial score (nSPS) is 18.0. The molecule has 0 saturated carbocycles. The molecular formula is C20H25N5O3S. The Balaban J connectivity index is 1.62. The fourth-order valence-electron chi connectivity index (χ4n) is 3.65. The highest BCUT2D eigenvalue weighted by Crippen LogP contribution is 2.27. The maximum atomic E-state index is 12.3. The molecule has 154 valence electrons. The van der Waals surface area contributed by atoms with Crippen molar-refractivity contribution in [3.63, 3.8) is 0 Å². The molecule has 1 fully saturated rings. The number of hydrogen-bond acceptors (Lipinski definition) is 6. The van der Waals surface area contributed by atoms with Crippen molar-refractivity contribution in [3.05, 3.63) is 46.8 Å². The lowest BCUT2D eigenvalue weighted by Gasteiger charge is -2.17. The Hall–Kier alpha value is -2.70. The zero-order valence-electron chi connectivity index (χ0n) is 16.8. The van der Waals surface area contributed by atoms with Crippen molar-refractivity contribution in [3.8, 4) is 6.07 Å². The van der Waals surface area contributed by atoms with Crippen LogP contribution in [0.1, 0.15) is 35.0 Å². The Kier molecular flexibility index (Phi) is 6.05. The highest BCUT2D eigenvalue weighted by Gasteiger charge is 2.31. The van der Waals surface area contributed by atoms with Crippen LogP contribution in [0.3, 0.4) is 0 Å². The molecule has 1 N–H and O–H groups in total. The van der Waals surface area contributed by atoms with Crippen LogP contribution in [-0.2, 0) is 21.2 Å². The zero-order chi connectivity index (χ0) is 21.2. The first-order valence-corrected chi connectivity index (χ1v) is 11.2. The molecule has 0 bridgehead atoms. The van der Waals surface area contributed by atoms with E-state index in [2.05, 4.69) is 10.4 Å². The zero-order valence-corrected chi connectivity index (χ0v) is 17.7. The summed E-state index contributed by atoms with van der Waals surface area (Å²) in [4.78, 5) is 14.2. The smallest absolute Gasteiger partial charge is 0.238 e. The van der Waals surface area contributed by atoms with Gasteiger partial charge in [-0.3, -0.25) is 14.4 Å². The summed E-state index contributed by atoms with van der Waals surface area (Å²) in [5.41, 5.74) is 4.00. The molecule has 0 unspecified atom stereocenters. The van der Waals surface area contributed by atoms with E-state index in [1.165, 1.54) is 0 Å². The topological polar surface area (TPSA) is 108 Å². The van der Waals surface area contributed by atoms with Crippen molar-refractivity contribution < 1.29 is 13.2 Å². The monoisotopic (exact) mass is 415 g/mol. The average Bonchev–Trinajstić information content (AvgIpc) is 3.15. The van der Waals surface area contributed by atoms with E-state index in [0.29, 0.717) is 24.2 Å². The van der Waals surface area contributed by atoms with Crippen LogP contribution in [-0.4, -0.2) is 54.1 Å². The van der Waals surface area contributed by atoms with Gasteiger partial charge in [0.1, 0.15) is 0 Å². The van der Waals surface area contributed by atoms with E-state index < -0.39 is 9.84 Å². The number of carbonyl (C=O) groups excluding carboxylic acids is 1. The molecule has 1 amide bonds. The van der Waals surface area contributed by atoms with Gasteiger partial charge in [0.2, 0.25) is 5.91 Å². The highest BCUT2D eigenvalue weighted by molar-refractivity contribution is 7.91. The quantitative estimate of drug-likeness (QED) is 0.771. The molecule has 8 nitrogen and oxygen atoms in total. The summed E-state index contributed by atoms with van der Waals surface area (Å²) in [6, 6.07) is 8.64. The van der Waals surface area contributed by atoms with Gasteiger partial charge < -0.3 is 5.32 Å². The van der Waals surface area contributed by atoms with Gasteiger partial charge in [-0.2, -0.15) is 10.4 Å². The Morgan fingerprint density at radius 1 is 1.34 bits per heavy atom. The number of nitrogens with zero attached hydrogens (tertiary/aromatic N) is 4. The van der Waals surface area contributed by atoms with Gasteiger partial charge in [-0.25, -0.2) is 8.42 Å². The van der Waals surface area contributed by atoms with Gasteiger partial charge in [-0.15, -0.1) is 0 Å². The molecule has 2 heterocycles. The number of hydrogen-bond donors (Lipinski definition) is 1. The van der Waals surface area contributed by atoms with E-state index in [4.69, 9.17) is 5.26 Å². The third-order valence-corrected chi connectivity index (χ3v) is 6.92. The minimum atomic E-state index is -2.98. The Bertz CT molecular complexity index is 1050. The molecule has 1 saturated heterocycles. The molecule has 2 aromatic rings. The van der Waals surface area contributed by atoms with E-state index in [0.717, 1.165) is 17.0 Å². The first kappa shape index (κ1) is 21.0. The number of likely N-dealkylation sites (N-methyl/N-ethyl adjacent to an activating group) is 1. The maximum absolute atomic E-state index is 12.3. The van der Waals surface area contributed by atoms with Crippen LogP contribution < -0.4 is 5.32 Å². The van der Waals surface area contributed by atoms with Crippen LogP contribution in [0.15, 0.2) is 24.3 Å². The Labute approximate surface area is 171 Å². The number of aromatic nitrogens is 2. The molecule has 1 aliphatic heterocycles. The van der Waals surface area contributed by atoms with Gasteiger partial charge in [0.25, 0.3) is 0 Å². The fourth-order valence-corrected chi connectivity index (χ4v) is 5.34. The van der Waals surface area contributed by atoms with Crippen LogP contribution >= 0.6 is 0 Å². The first-order chi connectivity index (χ1) is 13.7. The summed E-state index contributed by atoms with van der Waals surface area (Å²) in [6.45, 7) is 4.59. The second-order valence-corrected chi connectivity index (χ2v) is 9.79. The summed E-state index contributed by atoms with van der Waals surface area (Å²) in [5, 5.41) is 16.2. The van der Waals surface area contributed by atoms with Crippen molar-refractivity contribution in [2.75, 3.05) is 30.4 Å². The highest BCUT2D eigenvalue weighted by atomic mass is 32.2. The van der Waals surface area contributed by atoms with Gasteiger partial charge in [-0.1, -0.05) is 0 Å². The molecule has 9 heteroatoms.